The summed E-state index contributed by atoms with van der Waals surface area (Å²) >= 11 is 3.34. The van der Waals surface area contributed by atoms with Crippen LogP contribution in [0.25, 0.3) is 11.3 Å². The molecule has 2 aromatic carbocycles. The van der Waals surface area contributed by atoms with Gasteiger partial charge in [-0.05, 0) is 0 Å². The standard InChI is InChI=1S/C22H17AsIN3OS/c1-14-4-9-18(26-21(28)15-5-7-17(24)8-6-15)11-19(14)23-22-27-20(13-29-22)16-3-2-10-25-12-16/h2-13,23H,1H3,(H,26,28). The summed E-state index contributed by atoms with van der Waals surface area (Å²) in [6, 6.07) is 17.6. The molecule has 2 aromatic heterocycles. The van der Waals surface area contributed by atoms with Crippen molar-refractivity contribution in [2.24, 2.45) is 0 Å². The number of aryl methyl sites for hydroxylation is 1. The summed E-state index contributed by atoms with van der Waals surface area (Å²) in [5.41, 5.74) is 4.72. The Morgan fingerprint density at radius 2 is 1.97 bits per heavy atom. The third kappa shape index (κ3) is 5.13. The summed E-state index contributed by atoms with van der Waals surface area (Å²) in [6.45, 7) is 2.11. The number of nitrogens with one attached hydrogen (secondary N) is 1. The summed E-state index contributed by atoms with van der Waals surface area (Å²) in [4.78, 5) is 21.5. The summed E-state index contributed by atoms with van der Waals surface area (Å²) in [7, 11) is 0. The van der Waals surface area contributed by atoms with Crippen molar-refractivity contribution in [1.29, 1.82) is 0 Å². The number of amides is 1. The van der Waals surface area contributed by atoms with Crippen LogP contribution in [0.5, 0.6) is 0 Å². The zero-order valence-electron chi connectivity index (χ0n) is 15.5. The number of nitrogens with zero attached hydrogens (tertiary/aromatic N) is 2. The number of anilines is 1. The Balaban J connectivity index is 1.51. The van der Waals surface area contributed by atoms with Crippen LogP contribution in [0.2, 0.25) is 0 Å². The van der Waals surface area contributed by atoms with Crippen LogP contribution < -0.4 is 13.5 Å². The van der Waals surface area contributed by atoms with E-state index in [9.17, 15) is 4.79 Å². The summed E-state index contributed by atoms with van der Waals surface area (Å²) in [6.07, 6.45) is 3.61. The van der Waals surface area contributed by atoms with Crippen molar-refractivity contribution < 1.29 is 4.79 Å². The molecule has 2 heterocycles. The Bertz CT molecular complexity index is 1150. The van der Waals surface area contributed by atoms with E-state index in [1.54, 1.807) is 17.5 Å². The van der Waals surface area contributed by atoms with Crippen LogP contribution in [0.3, 0.4) is 0 Å². The maximum atomic E-state index is 12.5. The van der Waals surface area contributed by atoms with Crippen LogP contribution in [0.1, 0.15) is 15.9 Å². The average Bonchev–Trinajstić information content (AvgIpc) is 3.20. The molecule has 0 aliphatic heterocycles. The topological polar surface area (TPSA) is 54.9 Å². The van der Waals surface area contributed by atoms with Gasteiger partial charge >= 0.3 is 195 Å². The molecule has 1 N–H and O–H groups in total. The third-order valence-corrected chi connectivity index (χ3v) is 9.33. The molecule has 4 aromatic rings. The van der Waals surface area contributed by atoms with E-state index in [1.807, 2.05) is 48.7 Å². The molecule has 29 heavy (non-hydrogen) atoms. The van der Waals surface area contributed by atoms with E-state index in [0.29, 0.717) is 5.56 Å². The van der Waals surface area contributed by atoms with Gasteiger partial charge in [-0.1, -0.05) is 0 Å². The van der Waals surface area contributed by atoms with Crippen LogP contribution in [0, 0.1) is 10.5 Å². The fourth-order valence-electron chi connectivity index (χ4n) is 2.73. The predicted octanol–water partition coefficient (Wildman–Crippen LogP) is 3.76. The number of pyridine rings is 1. The number of halogens is 1. The molecule has 0 radical (unpaired) electrons. The molecule has 1 unspecified atom stereocenters. The first-order valence-electron chi connectivity index (χ1n) is 8.89. The van der Waals surface area contributed by atoms with E-state index in [0.717, 1.165) is 24.3 Å². The minimum atomic E-state index is -0.590. The molecule has 1 atom stereocenters. The summed E-state index contributed by atoms with van der Waals surface area (Å²) in [5, 5.41) is 5.11. The van der Waals surface area contributed by atoms with Crippen molar-refractivity contribution in [1.82, 2.24) is 9.97 Å². The first kappa shape index (κ1) is 20.3. The summed E-state index contributed by atoms with van der Waals surface area (Å²) in [5.74, 6) is -0.0932. The molecule has 0 fully saturated rings. The van der Waals surface area contributed by atoms with E-state index < -0.39 is 15.8 Å². The number of carbonyl (C=O) groups excluding carboxylic acids is 1. The number of thiazole rings is 1. The second kappa shape index (κ2) is 9.20. The molecule has 7 heteroatoms. The number of benzene rings is 2. The van der Waals surface area contributed by atoms with Gasteiger partial charge in [-0.2, -0.15) is 0 Å². The Hall–Kier alpha value is -2.02. The number of hydrogen-bond acceptors (Lipinski definition) is 4. The molecule has 0 bridgehead atoms. The van der Waals surface area contributed by atoms with E-state index in [2.05, 4.69) is 57.3 Å². The van der Waals surface area contributed by atoms with Crippen molar-refractivity contribution in [3.05, 3.63) is 87.1 Å². The van der Waals surface area contributed by atoms with Gasteiger partial charge in [0.1, 0.15) is 0 Å². The molecular formula is C22H17AsIN3OS. The molecule has 0 aliphatic carbocycles. The van der Waals surface area contributed by atoms with Crippen molar-refractivity contribution in [3.8, 4) is 11.3 Å². The van der Waals surface area contributed by atoms with Crippen LogP contribution in [-0.2, 0) is 0 Å². The zero-order valence-corrected chi connectivity index (χ0v) is 20.6. The minimum absolute atomic E-state index is 0.0932. The van der Waals surface area contributed by atoms with Gasteiger partial charge in [0.05, 0.1) is 0 Å². The van der Waals surface area contributed by atoms with Gasteiger partial charge in [-0.3, -0.25) is 0 Å². The van der Waals surface area contributed by atoms with Crippen LogP contribution in [0.4, 0.5) is 5.69 Å². The Morgan fingerprint density at radius 1 is 1.14 bits per heavy atom. The Labute approximate surface area is 193 Å². The van der Waals surface area contributed by atoms with E-state index in [-0.39, 0.29) is 5.91 Å². The fourth-order valence-corrected chi connectivity index (χ4v) is 6.95. The molecule has 144 valence electrons. The second-order valence-electron chi connectivity index (χ2n) is 6.40. The molecule has 4 rings (SSSR count). The average molecular weight is 573 g/mol. The van der Waals surface area contributed by atoms with Crippen molar-refractivity contribution in [3.63, 3.8) is 0 Å². The number of rotatable bonds is 5. The van der Waals surface area contributed by atoms with E-state index in [1.165, 1.54) is 9.91 Å². The molecule has 0 saturated carbocycles. The molecule has 0 saturated heterocycles. The third-order valence-electron chi connectivity index (χ3n) is 4.30. The van der Waals surface area contributed by atoms with Crippen LogP contribution >= 0.6 is 33.9 Å². The molecule has 1 amide bonds. The first-order valence-corrected chi connectivity index (χ1v) is 12.9. The number of aromatic nitrogens is 2. The molecule has 0 aliphatic rings. The SMILES string of the molecule is Cc1ccc(NC(=O)c2ccc(I)cc2)cc1[AsH]c1nc(-c2cccnc2)cs1. The van der Waals surface area contributed by atoms with Gasteiger partial charge in [-0.25, -0.2) is 0 Å². The number of carbonyl (C=O) groups is 1. The summed E-state index contributed by atoms with van der Waals surface area (Å²) < 4.78 is 3.54. The maximum absolute atomic E-state index is 12.5. The van der Waals surface area contributed by atoms with Gasteiger partial charge in [0.25, 0.3) is 0 Å². The monoisotopic (exact) mass is 573 g/mol. The molecule has 4 nitrogen and oxygen atoms in total. The normalized spacial score (nSPS) is 11.1. The van der Waals surface area contributed by atoms with Gasteiger partial charge in [0.15, 0.2) is 0 Å². The van der Waals surface area contributed by atoms with Crippen molar-refractivity contribution in [2.45, 2.75) is 6.92 Å². The Morgan fingerprint density at radius 3 is 2.72 bits per heavy atom. The van der Waals surface area contributed by atoms with Crippen molar-refractivity contribution >= 4 is 69.4 Å². The molecule has 0 spiro atoms. The van der Waals surface area contributed by atoms with Crippen molar-refractivity contribution in [2.75, 3.05) is 5.32 Å². The van der Waals surface area contributed by atoms with Gasteiger partial charge < -0.3 is 0 Å². The number of hydrogen-bond donors (Lipinski definition) is 1. The second-order valence-corrected chi connectivity index (χ2v) is 11.9. The quantitative estimate of drug-likeness (QED) is 0.293. The predicted molar refractivity (Wildman–Crippen MR) is 130 cm³/mol. The van der Waals surface area contributed by atoms with Crippen LogP contribution in [-0.4, -0.2) is 31.6 Å². The first-order chi connectivity index (χ1) is 14.1. The Kier molecular flexibility index (Phi) is 6.43. The van der Waals surface area contributed by atoms with Gasteiger partial charge in [0, 0.05) is 0 Å². The fraction of sp³-hybridized carbons (Fsp3) is 0.0455. The van der Waals surface area contributed by atoms with E-state index in [4.69, 9.17) is 4.98 Å². The van der Waals surface area contributed by atoms with Gasteiger partial charge in [-0.15, -0.1) is 0 Å². The zero-order chi connectivity index (χ0) is 20.2. The van der Waals surface area contributed by atoms with Gasteiger partial charge in [0.2, 0.25) is 0 Å². The van der Waals surface area contributed by atoms with E-state index >= 15 is 0 Å². The molecular weight excluding hydrogens is 556 g/mol. The van der Waals surface area contributed by atoms with Crippen LogP contribution in [0.15, 0.2) is 72.4 Å².